The molecule has 2 aromatic carbocycles. The average molecular weight is 459 g/mol. The molecule has 0 aromatic heterocycles. The highest BCUT2D eigenvalue weighted by molar-refractivity contribution is 5.83. The summed E-state index contributed by atoms with van der Waals surface area (Å²) in [5.74, 6) is -0.514. The van der Waals surface area contributed by atoms with Gasteiger partial charge in [0.05, 0.1) is 17.6 Å². The Morgan fingerprint density at radius 2 is 1.58 bits per heavy atom. The van der Waals surface area contributed by atoms with E-state index in [1.807, 2.05) is 11.9 Å². The zero-order valence-corrected chi connectivity index (χ0v) is 19.1. The number of likely N-dealkylation sites (N-methyl/N-ethyl adjacent to an activating group) is 1. The van der Waals surface area contributed by atoms with Gasteiger partial charge >= 0.3 is 0 Å². The number of nitrogens with zero attached hydrogens (tertiary/aromatic N) is 2. The van der Waals surface area contributed by atoms with Crippen LogP contribution in [0.5, 0.6) is 0 Å². The number of rotatable bonds is 7. The maximum Gasteiger partial charge on any atom is 0.229 e. The van der Waals surface area contributed by atoms with Crippen molar-refractivity contribution in [3.05, 3.63) is 71.3 Å². The van der Waals surface area contributed by atoms with E-state index >= 15 is 0 Å². The van der Waals surface area contributed by atoms with Crippen LogP contribution >= 0.6 is 0 Å². The summed E-state index contributed by atoms with van der Waals surface area (Å²) in [5.41, 5.74) is 0.308. The molecule has 1 N–H and O–H groups in total. The van der Waals surface area contributed by atoms with E-state index < -0.39 is 11.0 Å². The van der Waals surface area contributed by atoms with Gasteiger partial charge < -0.3 is 14.7 Å². The van der Waals surface area contributed by atoms with Gasteiger partial charge in [0.1, 0.15) is 11.6 Å². The number of hydrogen-bond donors (Lipinski definition) is 1. The highest BCUT2D eigenvalue weighted by Crippen LogP contribution is 2.38. The third kappa shape index (κ3) is 5.78. The third-order valence-corrected chi connectivity index (χ3v) is 6.91. The largest absolute Gasteiger partial charge is 0.387 e. The molecule has 178 valence electrons. The van der Waals surface area contributed by atoms with Gasteiger partial charge in [-0.2, -0.15) is 0 Å². The Hall–Kier alpha value is -2.35. The van der Waals surface area contributed by atoms with E-state index in [4.69, 9.17) is 4.74 Å². The van der Waals surface area contributed by atoms with Crippen LogP contribution in [0, 0.1) is 17.0 Å². The van der Waals surface area contributed by atoms with Crippen molar-refractivity contribution in [3.8, 4) is 0 Å². The van der Waals surface area contributed by atoms with Gasteiger partial charge in [-0.3, -0.25) is 9.69 Å². The molecule has 1 atom stereocenters. The molecule has 2 aromatic rings. The molecule has 0 saturated carbocycles. The minimum absolute atomic E-state index is 0.0484. The first-order valence-corrected chi connectivity index (χ1v) is 11.5. The van der Waals surface area contributed by atoms with E-state index in [0.29, 0.717) is 58.5 Å². The Bertz CT molecular complexity index is 945. The fraction of sp³-hybridized carbons (Fsp3) is 0.500. The van der Waals surface area contributed by atoms with Gasteiger partial charge in [0.25, 0.3) is 0 Å². The molecule has 0 spiro atoms. The van der Waals surface area contributed by atoms with Crippen LogP contribution in [0.1, 0.15) is 30.4 Å². The Labute approximate surface area is 194 Å². The van der Waals surface area contributed by atoms with E-state index in [2.05, 4.69) is 0 Å². The monoisotopic (exact) mass is 458 g/mol. The maximum atomic E-state index is 13.7. The second-order valence-corrected chi connectivity index (χ2v) is 9.70. The third-order valence-electron chi connectivity index (χ3n) is 6.91. The van der Waals surface area contributed by atoms with Crippen molar-refractivity contribution < 1.29 is 23.4 Å². The molecule has 0 bridgehead atoms. The number of hydrogen-bond acceptors (Lipinski definition) is 4. The van der Waals surface area contributed by atoms with Gasteiger partial charge in [0.2, 0.25) is 5.91 Å². The van der Waals surface area contributed by atoms with Crippen LogP contribution in [0.4, 0.5) is 8.78 Å². The van der Waals surface area contributed by atoms with Crippen molar-refractivity contribution in [2.45, 2.75) is 37.8 Å². The first-order chi connectivity index (χ1) is 15.8. The lowest BCUT2D eigenvalue weighted by Crippen LogP contribution is -2.50. The van der Waals surface area contributed by atoms with Crippen molar-refractivity contribution in [2.75, 3.05) is 39.9 Å². The zero-order valence-electron chi connectivity index (χ0n) is 19.1. The molecule has 2 heterocycles. The van der Waals surface area contributed by atoms with Crippen molar-refractivity contribution in [2.24, 2.45) is 5.41 Å². The molecule has 2 aliphatic rings. The lowest BCUT2D eigenvalue weighted by Gasteiger charge is -2.39. The van der Waals surface area contributed by atoms with Crippen molar-refractivity contribution in [3.63, 3.8) is 0 Å². The number of aliphatic hydroxyl groups is 1. The predicted molar refractivity (Wildman–Crippen MR) is 121 cm³/mol. The number of β-amino-alcohol motifs (C(OH)–C–C–N with tert-alkyl or cyclic N) is 1. The summed E-state index contributed by atoms with van der Waals surface area (Å²) in [6.07, 6.45) is 2.27. The summed E-state index contributed by atoms with van der Waals surface area (Å²) in [4.78, 5) is 17.5. The molecule has 5 nitrogen and oxygen atoms in total. The lowest BCUT2D eigenvalue weighted by atomic mass is 9.74. The molecule has 4 rings (SSSR count). The second-order valence-electron chi connectivity index (χ2n) is 9.70. The van der Waals surface area contributed by atoms with Crippen molar-refractivity contribution >= 4 is 5.91 Å². The molecule has 7 heteroatoms. The first kappa shape index (κ1) is 23.8. The molecule has 2 aliphatic heterocycles. The summed E-state index contributed by atoms with van der Waals surface area (Å²) >= 11 is 0. The van der Waals surface area contributed by atoms with Crippen LogP contribution in [0.15, 0.2) is 48.5 Å². The fourth-order valence-corrected chi connectivity index (χ4v) is 5.18. The Morgan fingerprint density at radius 1 is 1.00 bits per heavy atom. The molecule has 0 radical (unpaired) electrons. The number of halogens is 2. The number of likely N-dealkylation sites (tertiary alicyclic amines) is 1. The molecule has 33 heavy (non-hydrogen) atoms. The average Bonchev–Trinajstić information content (AvgIpc) is 3.18. The highest BCUT2D eigenvalue weighted by Gasteiger charge is 2.47. The number of ether oxygens (including phenoxy) is 1. The van der Waals surface area contributed by atoms with Gasteiger partial charge in [-0.25, -0.2) is 8.78 Å². The van der Waals surface area contributed by atoms with Crippen molar-refractivity contribution in [1.29, 1.82) is 0 Å². The highest BCUT2D eigenvalue weighted by atomic mass is 19.1. The first-order valence-electron chi connectivity index (χ1n) is 11.5. The van der Waals surface area contributed by atoms with Gasteiger partial charge in [0, 0.05) is 32.8 Å². The molecule has 0 aliphatic carbocycles. The SMILES string of the molecule is CN(Cc1ccc(F)cc1)C[C@@]1(O)CCN(C(=O)C2(Cc3ccc(F)cc3)CCOCC2)C1. The van der Waals surface area contributed by atoms with Crippen LogP contribution in [0.3, 0.4) is 0 Å². The minimum Gasteiger partial charge on any atom is -0.387 e. The standard InChI is InChI=1S/C26H32F2N2O3/c1-29(17-21-4-8-23(28)9-5-21)18-26(32)10-13-30(19-26)24(31)25(11-14-33-15-12-25)16-20-2-6-22(27)7-3-20/h2-9,32H,10-19H2,1H3/t26-/m0/s1. The molecular weight excluding hydrogens is 426 g/mol. The number of carbonyl (C=O) groups excluding carboxylic acids is 1. The van der Waals surface area contributed by atoms with E-state index in [0.717, 1.165) is 11.1 Å². The van der Waals surface area contributed by atoms with Gasteiger partial charge in [0.15, 0.2) is 0 Å². The quantitative estimate of drug-likeness (QED) is 0.691. The Morgan fingerprint density at radius 3 is 2.18 bits per heavy atom. The summed E-state index contributed by atoms with van der Waals surface area (Å²) < 4.78 is 32.1. The molecular formula is C26H32F2N2O3. The molecule has 0 unspecified atom stereocenters. The predicted octanol–water partition coefficient (Wildman–Crippen LogP) is 3.40. The van der Waals surface area contributed by atoms with Crippen LogP contribution in [-0.2, 0) is 22.5 Å². The van der Waals surface area contributed by atoms with Gasteiger partial charge in [-0.1, -0.05) is 24.3 Å². The van der Waals surface area contributed by atoms with Gasteiger partial charge in [-0.05, 0) is 68.1 Å². The van der Waals surface area contributed by atoms with Gasteiger partial charge in [-0.15, -0.1) is 0 Å². The smallest absolute Gasteiger partial charge is 0.229 e. The molecule has 2 saturated heterocycles. The minimum atomic E-state index is -0.993. The van der Waals surface area contributed by atoms with E-state index in [-0.39, 0.29) is 24.1 Å². The topological polar surface area (TPSA) is 53.0 Å². The summed E-state index contributed by atoms with van der Waals surface area (Å²) in [5, 5.41) is 11.2. The van der Waals surface area contributed by atoms with E-state index in [9.17, 15) is 18.7 Å². The Balaban J connectivity index is 1.41. The second kappa shape index (κ2) is 9.87. The molecule has 1 amide bonds. The maximum absolute atomic E-state index is 13.7. The molecule has 2 fully saturated rings. The van der Waals surface area contributed by atoms with Crippen LogP contribution in [-0.4, -0.2) is 66.3 Å². The zero-order chi connectivity index (χ0) is 23.5. The van der Waals surface area contributed by atoms with Crippen molar-refractivity contribution in [1.82, 2.24) is 9.80 Å². The van der Waals surface area contributed by atoms with Crippen LogP contribution in [0.25, 0.3) is 0 Å². The summed E-state index contributed by atoms with van der Waals surface area (Å²) in [6, 6.07) is 12.7. The number of carbonyl (C=O) groups is 1. The number of benzene rings is 2. The van der Waals surface area contributed by atoms with E-state index in [1.54, 1.807) is 29.2 Å². The van der Waals surface area contributed by atoms with E-state index in [1.165, 1.54) is 24.3 Å². The van der Waals surface area contributed by atoms with Crippen LogP contribution in [0.2, 0.25) is 0 Å². The lowest BCUT2D eigenvalue weighted by molar-refractivity contribution is -0.148. The summed E-state index contributed by atoms with van der Waals surface area (Å²) in [6.45, 7) is 2.83. The Kier molecular flexibility index (Phi) is 7.12. The fourth-order valence-electron chi connectivity index (χ4n) is 5.18. The summed E-state index contributed by atoms with van der Waals surface area (Å²) in [7, 11) is 1.92. The number of amides is 1. The normalized spacial score (nSPS) is 22.6. The van der Waals surface area contributed by atoms with Crippen LogP contribution < -0.4 is 0 Å².